The van der Waals surface area contributed by atoms with Crippen molar-refractivity contribution in [3.8, 4) is 0 Å². The van der Waals surface area contributed by atoms with Gasteiger partial charge >= 0.3 is 5.97 Å². The monoisotopic (exact) mass is 524 g/mol. The zero-order valence-corrected chi connectivity index (χ0v) is 20.6. The van der Waals surface area contributed by atoms with Crippen LogP contribution >= 0.6 is 48.0 Å². The Bertz CT molecular complexity index is 872. The maximum absolute atomic E-state index is 11.4. The summed E-state index contributed by atoms with van der Waals surface area (Å²) in [6.45, 7) is 2.95. The molecule has 2 heterocycles. The van der Waals surface area contributed by atoms with Crippen LogP contribution in [0.15, 0.2) is 18.2 Å². The zero-order valence-electron chi connectivity index (χ0n) is 17.4. The number of benzene rings is 1. The summed E-state index contributed by atoms with van der Waals surface area (Å²) in [7, 11) is 0. The van der Waals surface area contributed by atoms with E-state index in [1.807, 2.05) is 12.1 Å². The van der Waals surface area contributed by atoms with Crippen molar-refractivity contribution in [3.63, 3.8) is 0 Å². The van der Waals surface area contributed by atoms with Crippen molar-refractivity contribution in [2.24, 2.45) is 17.8 Å². The molecule has 0 spiro atoms. The summed E-state index contributed by atoms with van der Waals surface area (Å²) in [4.78, 5) is 13.7. The van der Waals surface area contributed by atoms with E-state index in [2.05, 4.69) is 30.8 Å². The summed E-state index contributed by atoms with van der Waals surface area (Å²) < 4.78 is 0. The average molecular weight is 526 g/mol. The summed E-state index contributed by atoms with van der Waals surface area (Å²) in [6.07, 6.45) is 4.04. The van der Waals surface area contributed by atoms with Gasteiger partial charge in [0.15, 0.2) is 5.82 Å². The Kier molecular flexibility index (Phi) is 10.4. The molecule has 2 aliphatic rings. The van der Waals surface area contributed by atoms with Crippen LogP contribution in [0.4, 0.5) is 0 Å². The number of piperidine rings is 1. The normalized spacial score (nSPS) is 24.8. The highest BCUT2D eigenvalue weighted by Crippen LogP contribution is 2.39. The maximum atomic E-state index is 11.4. The molecule has 32 heavy (non-hydrogen) atoms. The van der Waals surface area contributed by atoms with E-state index >= 15 is 0 Å². The van der Waals surface area contributed by atoms with Crippen LogP contribution in [0, 0.1) is 17.8 Å². The number of carboxylic acids is 1. The molecule has 3 unspecified atom stereocenters. The number of rotatable bonds is 7. The third kappa shape index (κ3) is 6.92. The molecule has 2 aromatic rings. The predicted octanol–water partition coefficient (Wildman–Crippen LogP) is 3.83. The second-order valence-corrected chi connectivity index (χ2v) is 9.33. The number of hydrogen-bond donors (Lipinski definition) is 3. The third-order valence-corrected chi connectivity index (χ3v) is 6.99. The Balaban J connectivity index is 0.00000181. The number of carbonyl (C=O) groups is 1. The Hall–Kier alpha value is -1.16. The Labute approximate surface area is 209 Å². The van der Waals surface area contributed by atoms with E-state index in [-0.39, 0.29) is 24.8 Å². The van der Waals surface area contributed by atoms with Crippen molar-refractivity contribution in [2.45, 2.75) is 44.8 Å². The van der Waals surface area contributed by atoms with E-state index in [1.165, 1.54) is 0 Å². The van der Waals surface area contributed by atoms with Crippen molar-refractivity contribution in [1.29, 1.82) is 0 Å². The molecule has 1 aliphatic heterocycles. The third-order valence-electron chi connectivity index (χ3n) is 6.40. The van der Waals surface area contributed by atoms with Crippen LogP contribution in [0.5, 0.6) is 0 Å². The molecule has 4 rings (SSSR count). The number of nitrogens with zero attached hydrogens (tertiary/aromatic N) is 4. The molecule has 178 valence electrons. The van der Waals surface area contributed by atoms with Crippen molar-refractivity contribution < 1.29 is 9.90 Å². The number of halogens is 4. The maximum Gasteiger partial charge on any atom is 0.320 e. The molecule has 3 N–H and O–H groups in total. The van der Waals surface area contributed by atoms with Gasteiger partial charge in [-0.2, -0.15) is 0 Å². The minimum atomic E-state index is -0.743. The smallest absolute Gasteiger partial charge is 0.320 e. The summed E-state index contributed by atoms with van der Waals surface area (Å²) in [5.41, 5.74) is 1.01. The number of H-pyrrole nitrogens is 1. The van der Waals surface area contributed by atoms with E-state index in [4.69, 9.17) is 23.2 Å². The molecule has 2 fully saturated rings. The van der Waals surface area contributed by atoms with Crippen LogP contribution < -0.4 is 5.32 Å². The number of tetrazole rings is 1. The van der Waals surface area contributed by atoms with Gasteiger partial charge in [-0.15, -0.1) is 29.9 Å². The molecule has 0 radical (unpaired) electrons. The highest BCUT2D eigenvalue weighted by atomic mass is 35.5. The van der Waals surface area contributed by atoms with Gasteiger partial charge in [-0.3, -0.25) is 9.69 Å². The zero-order chi connectivity index (χ0) is 21.1. The van der Waals surface area contributed by atoms with Gasteiger partial charge < -0.3 is 10.4 Å². The lowest BCUT2D eigenvalue weighted by atomic mass is 9.69. The largest absolute Gasteiger partial charge is 0.480 e. The van der Waals surface area contributed by atoms with Gasteiger partial charge in [0, 0.05) is 23.1 Å². The van der Waals surface area contributed by atoms with E-state index in [1.54, 1.807) is 6.07 Å². The van der Waals surface area contributed by atoms with E-state index in [0.29, 0.717) is 53.1 Å². The number of carboxylic acid groups (broad SMARTS) is 1. The molecular formula is C20H28Cl4N6O2. The molecule has 0 bridgehead atoms. The number of aromatic nitrogens is 4. The van der Waals surface area contributed by atoms with Gasteiger partial charge in [0.2, 0.25) is 0 Å². The SMILES string of the molecule is Cl.Cl.O=C(O)C1CC2CC(CN(Cc3nnn[nH]3)Cc3ccc(Cl)cc3Cl)CC[C@H]2CN1. The lowest BCUT2D eigenvalue weighted by Crippen LogP contribution is -2.50. The molecule has 12 heteroatoms. The van der Waals surface area contributed by atoms with Crippen molar-refractivity contribution in [3.05, 3.63) is 39.6 Å². The fourth-order valence-corrected chi connectivity index (χ4v) is 5.38. The van der Waals surface area contributed by atoms with E-state index < -0.39 is 12.0 Å². The molecule has 0 amide bonds. The molecule has 1 aliphatic carbocycles. The number of aliphatic carboxylic acids is 1. The lowest BCUT2D eigenvalue weighted by molar-refractivity contribution is -0.141. The number of hydrogen-bond acceptors (Lipinski definition) is 6. The van der Waals surface area contributed by atoms with Crippen LogP contribution in [0.1, 0.15) is 37.1 Å². The van der Waals surface area contributed by atoms with Gasteiger partial charge in [0.1, 0.15) is 6.04 Å². The topological polar surface area (TPSA) is 107 Å². The second-order valence-electron chi connectivity index (χ2n) is 8.49. The second kappa shape index (κ2) is 12.3. The molecule has 1 aromatic heterocycles. The number of nitrogens with one attached hydrogen (secondary N) is 2. The van der Waals surface area contributed by atoms with E-state index in [9.17, 15) is 9.90 Å². The standard InChI is InChI=1S/C20H26Cl2N6O2.2ClH/c21-16-4-3-14(17(22)7-16)10-28(11-19-24-26-27-25-19)9-12-1-2-13-8-23-18(20(29)30)6-15(13)5-12;;/h3-4,7,12-13,15,18,23H,1-2,5-6,8-11H2,(H,29,30)(H,24,25,26,27);2*1H/t12?,13-,15?,18?;;/m0../s1. The van der Waals surface area contributed by atoms with Crippen molar-refractivity contribution in [2.75, 3.05) is 13.1 Å². The quantitative estimate of drug-likeness (QED) is 0.504. The van der Waals surface area contributed by atoms with Crippen LogP contribution in [0.2, 0.25) is 10.0 Å². The molecule has 1 aromatic carbocycles. The predicted molar refractivity (Wildman–Crippen MR) is 128 cm³/mol. The fraction of sp³-hybridized carbons (Fsp3) is 0.600. The molecule has 1 saturated carbocycles. The number of fused-ring (bicyclic) bond motifs is 1. The average Bonchev–Trinajstić information content (AvgIpc) is 3.22. The van der Waals surface area contributed by atoms with Gasteiger partial charge in [0.05, 0.1) is 6.54 Å². The molecule has 8 nitrogen and oxygen atoms in total. The minimum absolute atomic E-state index is 0. The lowest BCUT2D eigenvalue weighted by Gasteiger charge is -2.42. The van der Waals surface area contributed by atoms with Crippen LogP contribution in [-0.4, -0.2) is 55.7 Å². The first-order valence-corrected chi connectivity index (χ1v) is 11.1. The summed E-state index contributed by atoms with van der Waals surface area (Å²) >= 11 is 12.5. The Morgan fingerprint density at radius 2 is 1.97 bits per heavy atom. The minimum Gasteiger partial charge on any atom is -0.480 e. The Morgan fingerprint density at radius 1 is 1.16 bits per heavy atom. The fourth-order valence-electron chi connectivity index (χ4n) is 4.91. The van der Waals surface area contributed by atoms with Crippen LogP contribution in [0.25, 0.3) is 0 Å². The highest BCUT2D eigenvalue weighted by Gasteiger charge is 2.38. The molecule has 4 atom stereocenters. The number of aromatic amines is 1. The first-order valence-electron chi connectivity index (χ1n) is 10.3. The van der Waals surface area contributed by atoms with Crippen LogP contribution in [0.3, 0.4) is 0 Å². The summed E-state index contributed by atoms with van der Waals surface area (Å²) in [5.74, 6) is 1.50. The van der Waals surface area contributed by atoms with Crippen molar-refractivity contribution in [1.82, 2.24) is 30.8 Å². The Morgan fingerprint density at radius 3 is 2.66 bits per heavy atom. The summed E-state index contributed by atoms with van der Waals surface area (Å²) in [6, 6.07) is 5.15. The van der Waals surface area contributed by atoms with E-state index in [0.717, 1.165) is 37.9 Å². The first kappa shape index (κ1) is 27.1. The highest BCUT2D eigenvalue weighted by molar-refractivity contribution is 6.35. The first-order chi connectivity index (χ1) is 14.5. The van der Waals surface area contributed by atoms with Gasteiger partial charge in [-0.05, 0) is 78.1 Å². The molecule has 1 saturated heterocycles. The summed E-state index contributed by atoms with van der Waals surface area (Å²) in [5, 5.41) is 28.1. The van der Waals surface area contributed by atoms with Gasteiger partial charge in [-0.1, -0.05) is 29.3 Å². The van der Waals surface area contributed by atoms with Gasteiger partial charge in [-0.25, -0.2) is 5.10 Å². The van der Waals surface area contributed by atoms with Crippen LogP contribution in [-0.2, 0) is 17.9 Å². The molecular weight excluding hydrogens is 498 g/mol. The van der Waals surface area contributed by atoms with Gasteiger partial charge in [0.25, 0.3) is 0 Å². The van der Waals surface area contributed by atoms with Crippen molar-refractivity contribution >= 4 is 54.0 Å².